The van der Waals surface area contributed by atoms with Crippen molar-refractivity contribution in [2.75, 3.05) is 32.1 Å². The Morgan fingerprint density at radius 1 is 1.15 bits per heavy atom. The fourth-order valence-corrected chi connectivity index (χ4v) is 4.40. The van der Waals surface area contributed by atoms with Gasteiger partial charge >= 0.3 is 0 Å². The molecule has 2 saturated heterocycles. The van der Waals surface area contributed by atoms with E-state index in [1.807, 2.05) is 42.5 Å². The van der Waals surface area contributed by atoms with E-state index in [1.54, 1.807) is 12.0 Å². The monoisotopic (exact) mass is 466 g/mol. The first-order valence-corrected chi connectivity index (χ1v) is 11.9. The number of amides is 2. The average molecular weight is 467 g/mol. The fraction of sp³-hybridized carbons (Fsp3) is 0.481. The number of benzene rings is 2. The Balaban J connectivity index is 1.37. The highest BCUT2D eigenvalue weighted by Crippen LogP contribution is 2.36. The highest BCUT2D eigenvalue weighted by Gasteiger charge is 2.32. The maximum absolute atomic E-state index is 12.7. The molecule has 4 rings (SSSR count). The van der Waals surface area contributed by atoms with Crippen LogP contribution >= 0.6 is 0 Å². The smallest absolute Gasteiger partial charge is 0.243 e. The molecule has 2 heterocycles. The summed E-state index contributed by atoms with van der Waals surface area (Å²) in [6.07, 6.45) is 1.91. The number of hydrogen-bond acceptors (Lipinski definition) is 5. The summed E-state index contributed by atoms with van der Waals surface area (Å²) in [4.78, 5) is 26.9. The van der Waals surface area contributed by atoms with Gasteiger partial charge in [-0.05, 0) is 47.2 Å². The van der Waals surface area contributed by atoms with Crippen LogP contribution in [0.15, 0.2) is 42.5 Å². The first kappa shape index (κ1) is 24.1. The van der Waals surface area contributed by atoms with Crippen molar-refractivity contribution < 1.29 is 23.8 Å². The first-order chi connectivity index (χ1) is 16.2. The lowest BCUT2D eigenvalue weighted by molar-refractivity contribution is -0.131. The number of rotatable bonds is 7. The van der Waals surface area contributed by atoms with Crippen LogP contribution in [-0.2, 0) is 19.7 Å². The molecule has 0 bridgehead atoms. The Bertz CT molecular complexity index is 1020. The van der Waals surface area contributed by atoms with Crippen LogP contribution in [0.5, 0.6) is 11.5 Å². The number of nitrogens with zero attached hydrogens (tertiary/aromatic N) is 1. The third-order valence-corrected chi connectivity index (χ3v) is 6.39. The standard InChI is InChI=1S/C27H34N2O5/c1-27(2,3)20-8-10-21(11-9-20)28-24(30)17-29-16-19(15-25(29)31)18-7-12-22(32-4)23(14-18)34-26-6-5-13-33-26/h7-12,14,19,26H,5-6,13,15-17H2,1-4H3,(H,28,30)/t19-,26?/m1/s1. The lowest BCUT2D eigenvalue weighted by Gasteiger charge is -2.20. The van der Waals surface area contributed by atoms with Crippen molar-refractivity contribution in [2.24, 2.45) is 0 Å². The molecule has 2 aliphatic rings. The number of anilines is 1. The number of carbonyl (C=O) groups is 2. The van der Waals surface area contributed by atoms with Crippen LogP contribution in [0.25, 0.3) is 0 Å². The van der Waals surface area contributed by atoms with Gasteiger partial charge in [-0.2, -0.15) is 0 Å². The molecular weight excluding hydrogens is 432 g/mol. The molecule has 0 spiro atoms. The maximum Gasteiger partial charge on any atom is 0.243 e. The Morgan fingerprint density at radius 2 is 1.91 bits per heavy atom. The fourth-order valence-electron chi connectivity index (χ4n) is 4.40. The molecule has 7 heteroatoms. The summed E-state index contributed by atoms with van der Waals surface area (Å²) in [5.74, 6) is 1.02. The van der Waals surface area contributed by atoms with Gasteiger partial charge < -0.3 is 24.4 Å². The molecule has 2 atom stereocenters. The van der Waals surface area contributed by atoms with Crippen LogP contribution < -0.4 is 14.8 Å². The maximum atomic E-state index is 12.7. The van der Waals surface area contributed by atoms with Crippen molar-refractivity contribution in [3.8, 4) is 11.5 Å². The van der Waals surface area contributed by atoms with Crippen molar-refractivity contribution in [3.05, 3.63) is 53.6 Å². The van der Waals surface area contributed by atoms with Crippen molar-refractivity contribution in [1.82, 2.24) is 4.90 Å². The summed E-state index contributed by atoms with van der Waals surface area (Å²) in [5, 5.41) is 2.90. The minimum Gasteiger partial charge on any atom is -0.493 e. The van der Waals surface area contributed by atoms with E-state index in [4.69, 9.17) is 14.2 Å². The molecule has 0 radical (unpaired) electrons. The van der Waals surface area contributed by atoms with Crippen LogP contribution in [0.1, 0.15) is 57.1 Å². The Labute approximate surface area is 201 Å². The zero-order valence-corrected chi connectivity index (χ0v) is 20.4. The SMILES string of the molecule is COc1ccc([C@@H]2CC(=O)N(CC(=O)Nc3ccc(C(C)(C)C)cc3)C2)cc1OC1CCCO1. The van der Waals surface area contributed by atoms with Gasteiger partial charge in [0.15, 0.2) is 17.8 Å². The predicted octanol–water partition coefficient (Wildman–Crippen LogP) is 4.46. The molecule has 1 unspecified atom stereocenters. The number of nitrogens with one attached hydrogen (secondary N) is 1. The predicted molar refractivity (Wildman–Crippen MR) is 130 cm³/mol. The van der Waals surface area contributed by atoms with Gasteiger partial charge in [0.2, 0.25) is 11.8 Å². The number of methoxy groups -OCH3 is 1. The quantitative estimate of drug-likeness (QED) is 0.652. The number of ether oxygens (including phenoxy) is 3. The highest BCUT2D eigenvalue weighted by molar-refractivity contribution is 5.95. The molecule has 182 valence electrons. The molecule has 34 heavy (non-hydrogen) atoms. The molecule has 2 aromatic rings. The molecule has 2 fully saturated rings. The van der Waals surface area contributed by atoms with E-state index in [2.05, 4.69) is 26.1 Å². The Kier molecular flexibility index (Phi) is 7.12. The lowest BCUT2D eigenvalue weighted by atomic mass is 9.87. The Hall–Kier alpha value is -3.06. The van der Waals surface area contributed by atoms with E-state index < -0.39 is 0 Å². The zero-order valence-electron chi connectivity index (χ0n) is 20.4. The molecule has 2 amide bonds. The largest absolute Gasteiger partial charge is 0.493 e. The molecule has 1 N–H and O–H groups in total. The van der Waals surface area contributed by atoms with E-state index in [-0.39, 0.29) is 36.0 Å². The average Bonchev–Trinajstić information content (AvgIpc) is 3.43. The van der Waals surface area contributed by atoms with Crippen molar-refractivity contribution >= 4 is 17.5 Å². The van der Waals surface area contributed by atoms with Crippen molar-refractivity contribution in [3.63, 3.8) is 0 Å². The third-order valence-electron chi connectivity index (χ3n) is 6.39. The summed E-state index contributed by atoms with van der Waals surface area (Å²) in [6, 6.07) is 13.6. The summed E-state index contributed by atoms with van der Waals surface area (Å²) < 4.78 is 17.0. The highest BCUT2D eigenvalue weighted by atomic mass is 16.7. The van der Waals surface area contributed by atoms with Crippen LogP contribution in [-0.4, -0.2) is 49.8 Å². The minimum absolute atomic E-state index is 0.0101. The van der Waals surface area contributed by atoms with Crippen molar-refractivity contribution in [1.29, 1.82) is 0 Å². The van der Waals surface area contributed by atoms with E-state index >= 15 is 0 Å². The van der Waals surface area contributed by atoms with Crippen LogP contribution in [0, 0.1) is 0 Å². The van der Waals surface area contributed by atoms with Gasteiger partial charge in [-0.3, -0.25) is 9.59 Å². The minimum atomic E-state index is -0.271. The first-order valence-electron chi connectivity index (χ1n) is 11.9. The molecule has 0 saturated carbocycles. The van der Waals surface area contributed by atoms with Crippen LogP contribution in [0.4, 0.5) is 5.69 Å². The van der Waals surface area contributed by atoms with Gasteiger partial charge in [-0.15, -0.1) is 0 Å². The summed E-state index contributed by atoms with van der Waals surface area (Å²) in [7, 11) is 1.60. The van der Waals surface area contributed by atoms with E-state index in [1.165, 1.54) is 5.56 Å². The second-order valence-electron chi connectivity index (χ2n) is 10.0. The number of likely N-dealkylation sites (tertiary alicyclic amines) is 1. The summed E-state index contributed by atoms with van der Waals surface area (Å²) in [5.41, 5.74) is 2.97. The number of hydrogen-bond donors (Lipinski definition) is 1. The molecule has 2 aromatic carbocycles. The van der Waals surface area contributed by atoms with E-state index in [0.29, 0.717) is 31.1 Å². The van der Waals surface area contributed by atoms with Crippen LogP contribution in [0.3, 0.4) is 0 Å². The molecule has 7 nitrogen and oxygen atoms in total. The van der Waals surface area contributed by atoms with Gasteiger partial charge in [0.1, 0.15) is 0 Å². The number of carbonyl (C=O) groups excluding carboxylic acids is 2. The van der Waals surface area contributed by atoms with E-state index in [9.17, 15) is 9.59 Å². The second-order valence-corrected chi connectivity index (χ2v) is 10.0. The van der Waals surface area contributed by atoms with Crippen LogP contribution in [0.2, 0.25) is 0 Å². The lowest BCUT2D eigenvalue weighted by Crippen LogP contribution is -2.34. The topological polar surface area (TPSA) is 77.1 Å². The summed E-state index contributed by atoms with van der Waals surface area (Å²) >= 11 is 0. The van der Waals surface area contributed by atoms with Crippen molar-refractivity contribution in [2.45, 2.75) is 57.7 Å². The summed E-state index contributed by atoms with van der Waals surface area (Å²) in [6.45, 7) is 7.66. The Morgan fingerprint density at radius 3 is 2.56 bits per heavy atom. The third kappa shape index (κ3) is 5.70. The van der Waals surface area contributed by atoms with Gasteiger partial charge in [-0.25, -0.2) is 0 Å². The van der Waals surface area contributed by atoms with Gasteiger partial charge in [-0.1, -0.05) is 39.0 Å². The van der Waals surface area contributed by atoms with Gasteiger partial charge in [0.05, 0.1) is 20.3 Å². The molecular formula is C27H34N2O5. The van der Waals surface area contributed by atoms with Gasteiger partial charge in [0, 0.05) is 31.0 Å². The normalized spacial score (nSPS) is 20.5. The van der Waals surface area contributed by atoms with E-state index in [0.717, 1.165) is 24.1 Å². The second kappa shape index (κ2) is 10.1. The molecule has 0 aliphatic carbocycles. The molecule has 2 aliphatic heterocycles. The zero-order chi connectivity index (χ0) is 24.3. The van der Waals surface area contributed by atoms with Gasteiger partial charge in [0.25, 0.3) is 0 Å². The molecule has 0 aromatic heterocycles.